The monoisotopic (exact) mass is 366 g/mol. The predicted molar refractivity (Wildman–Crippen MR) is 103 cm³/mol. The van der Waals surface area contributed by atoms with E-state index in [9.17, 15) is 4.79 Å². The van der Waals surface area contributed by atoms with Crippen molar-refractivity contribution >= 4 is 23.4 Å². The molecule has 0 atom stereocenters. The van der Waals surface area contributed by atoms with Gasteiger partial charge in [-0.3, -0.25) is 9.48 Å². The molecule has 0 saturated carbocycles. The summed E-state index contributed by atoms with van der Waals surface area (Å²) in [4.78, 5) is 16.5. The summed E-state index contributed by atoms with van der Waals surface area (Å²) in [5, 5.41) is 0.355. The van der Waals surface area contributed by atoms with Gasteiger partial charge in [-0.2, -0.15) is 0 Å². The average molecular weight is 367 g/mol. The molecule has 0 heterocycles. The fourth-order valence-electron chi connectivity index (χ4n) is 2.84. The highest BCUT2D eigenvalue weighted by Crippen LogP contribution is 2.22. The number of aryl methyl sites for hydroxylation is 3. The Bertz CT molecular complexity index is 707. The molecule has 0 aromatic heterocycles. The van der Waals surface area contributed by atoms with Gasteiger partial charge >= 0.3 is 11.8 Å². The molecule has 0 unspecified atom stereocenters. The lowest BCUT2D eigenvalue weighted by Gasteiger charge is -2.20. The van der Waals surface area contributed by atoms with Crippen LogP contribution < -0.4 is 0 Å². The van der Waals surface area contributed by atoms with Gasteiger partial charge in [0.15, 0.2) is 5.16 Å². The minimum atomic E-state index is -0.411. The maximum atomic E-state index is 12.9. The Balaban J connectivity index is 3.46. The largest absolute Gasteiger partial charge is 0.411 e. The lowest BCUT2D eigenvalue weighted by atomic mass is 10.00. The van der Waals surface area contributed by atoms with Crippen molar-refractivity contribution in [3.05, 3.63) is 45.3 Å². The quantitative estimate of drug-likeness (QED) is 0.205. The van der Waals surface area contributed by atoms with E-state index in [1.165, 1.54) is 0 Å². The number of esters is 1. The minimum Gasteiger partial charge on any atom is -0.411 e. The lowest BCUT2D eigenvalue weighted by Crippen LogP contribution is -2.35. The van der Waals surface area contributed by atoms with E-state index >= 15 is 0 Å². The van der Waals surface area contributed by atoms with Crippen molar-refractivity contribution < 1.29 is 14.1 Å². The molecule has 0 aliphatic carbocycles. The molecular formula is C19H29ClN3O2+. The van der Waals surface area contributed by atoms with Crippen molar-refractivity contribution in [3.8, 4) is 0 Å². The second kappa shape index (κ2) is 8.39. The van der Waals surface area contributed by atoms with Crippen molar-refractivity contribution in [2.45, 2.75) is 20.8 Å². The van der Waals surface area contributed by atoms with Gasteiger partial charge in [0, 0.05) is 14.1 Å². The third-order valence-electron chi connectivity index (χ3n) is 3.71. The Morgan fingerprint density at radius 3 is 1.84 bits per heavy atom. The van der Waals surface area contributed by atoms with Gasteiger partial charge in [0.25, 0.3) is 5.76 Å². The summed E-state index contributed by atoms with van der Waals surface area (Å²) in [6.07, 6.45) is 0. The van der Waals surface area contributed by atoms with Crippen LogP contribution in [-0.4, -0.2) is 68.5 Å². The van der Waals surface area contributed by atoms with Gasteiger partial charge in [-0.1, -0.05) is 29.3 Å². The number of nitrogens with zero attached hydrogens (tertiary/aromatic N) is 3. The first kappa shape index (κ1) is 21.0. The number of ether oxygens (including phenoxy) is 1. The van der Waals surface area contributed by atoms with Crippen molar-refractivity contribution in [1.82, 2.24) is 9.80 Å². The van der Waals surface area contributed by atoms with Crippen LogP contribution in [0.5, 0.6) is 0 Å². The molecule has 0 radical (unpaired) electrons. The van der Waals surface area contributed by atoms with Crippen LogP contribution in [0.3, 0.4) is 0 Å². The molecule has 1 aromatic rings. The lowest BCUT2D eigenvalue weighted by molar-refractivity contribution is -0.469. The van der Waals surface area contributed by atoms with Crippen LogP contribution in [0.25, 0.3) is 0 Å². The van der Waals surface area contributed by atoms with Crippen molar-refractivity contribution in [2.24, 2.45) is 0 Å². The number of rotatable bonds is 4. The summed E-state index contributed by atoms with van der Waals surface area (Å²) in [7, 11) is 11.1. The third-order valence-corrected chi connectivity index (χ3v) is 4.22. The topological polar surface area (TPSA) is 35.8 Å². The fourth-order valence-corrected chi connectivity index (χ4v) is 2.96. The molecule has 6 heteroatoms. The van der Waals surface area contributed by atoms with Crippen LogP contribution >= 0.6 is 11.6 Å². The number of hydrogen-bond acceptors (Lipinski definition) is 3. The molecule has 0 N–H and O–H groups in total. The van der Waals surface area contributed by atoms with Gasteiger partial charge in [-0.15, -0.1) is 0 Å². The highest BCUT2D eigenvalue weighted by molar-refractivity contribution is 6.31. The number of likely N-dealkylation sites (N-methyl/N-ethyl adjacent to an activating group) is 1. The molecule has 5 nitrogen and oxygen atoms in total. The Morgan fingerprint density at radius 2 is 1.48 bits per heavy atom. The maximum Gasteiger partial charge on any atom is 0.344 e. The van der Waals surface area contributed by atoms with Gasteiger partial charge in [0.05, 0.1) is 33.8 Å². The number of benzene rings is 1. The normalized spacial score (nSPS) is 11.6. The zero-order valence-electron chi connectivity index (χ0n) is 16.7. The number of carbonyl (C=O) groups excluding carboxylic acids is 1. The first-order valence-electron chi connectivity index (χ1n) is 8.06. The minimum absolute atomic E-state index is 0.325. The van der Waals surface area contributed by atoms with Gasteiger partial charge in [0.2, 0.25) is 0 Å². The second-order valence-electron chi connectivity index (χ2n) is 6.79. The van der Waals surface area contributed by atoms with E-state index in [0.29, 0.717) is 22.3 Å². The number of amidine groups is 1. The van der Waals surface area contributed by atoms with Crippen LogP contribution in [-0.2, 0) is 4.74 Å². The molecule has 0 aliphatic rings. The first-order valence-corrected chi connectivity index (χ1v) is 8.44. The van der Waals surface area contributed by atoms with E-state index in [1.54, 1.807) is 4.90 Å². The Hall–Kier alpha value is -2.01. The third kappa shape index (κ3) is 4.98. The van der Waals surface area contributed by atoms with E-state index in [1.807, 2.05) is 84.7 Å². The molecule has 25 heavy (non-hydrogen) atoms. The summed E-state index contributed by atoms with van der Waals surface area (Å²) in [6.45, 7) is 5.83. The average Bonchev–Trinajstić information content (AvgIpc) is 2.43. The molecule has 0 saturated heterocycles. The molecule has 1 aromatic carbocycles. The van der Waals surface area contributed by atoms with E-state index in [-0.39, 0.29) is 0 Å². The highest BCUT2D eigenvalue weighted by Gasteiger charge is 2.29. The Kier molecular flexibility index (Phi) is 7.06. The van der Waals surface area contributed by atoms with Crippen molar-refractivity contribution in [3.63, 3.8) is 0 Å². The molecule has 0 aliphatic heterocycles. The van der Waals surface area contributed by atoms with Crippen LogP contribution in [0.4, 0.5) is 0 Å². The smallest absolute Gasteiger partial charge is 0.344 e. The second-order valence-corrected chi connectivity index (χ2v) is 7.15. The standard InChI is InChI=1S/C19H29ClN3O2/c1-12-10-13(2)15(14(3)11-12)19(24)25-16(17(20)21(4)5)18(22(6)7)23(8)9/h10-11H,1-9H3/q+1. The summed E-state index contributed by atoms with van der Waals surface area (Å²) in [5.41, 5.74) is 3.46. The molecule has 0 fully saturated rings. The molecule has 0 amide bonds. The Morgan fingerprint density at radius 1 is 1.00 bits per heavy atom. The van der Waals surface area contributed by atoms with E-state index < -0.39 is 5.97 Å². The zero-order chi connectivity index (χ0) is 19.5. The summed E-state index contributed by atoms with van der Waals surface area (Å²) < 4.78 is 7.66. The molecule has 1 rings (SSSR count). The Labute approximate surface area is 156 Å². The fraction of sp³-hybridized carbons (Fsp3) is 0.474. The summed E-state index contributed by atoms with van der Waals surface area (Å²) in [6, 6.07) is 3.95. The maximum absolute atomic E-state index is 12.9. The summed E-state index contributed by atoms with van der Waals surface area (Å²) in [5.74, 6) is 0.617. The summed E-state index contributed by atoms with van der Waals surface area (Å²) >= 11 is 6.46. The van der Waals surface area contributed by atoms with Gasteiger partial charge in [-0.25, -0.2) is 4.79 Å². The molecule has 0 bridgehead atoms. The van der Waals surface area contributed by atoms with Gasteiger partial charge in [-0.05, 0) is 31.9 Å². The molecule has 0 spiro atoms. The first-order chi connectivity index (χ1) is 11.5. The van der Waals surface area contributed by atoms with Gasteiger partial charge in [0.1, 0.15) is 0 Å². The van der Waals surface area contributed by atoms with Gasteiger partial charge < -0.3 is 9.64 Å². The number of halogens is 1. The van der Waals surface area contributed by atoms with E-state index in [4.69, 9.17) is 16.3 Å². The molecule has 138 valence electrons. The highest BCUT2D eigenvalue weighted by atomic mass is 35.5. The number of carbonyl (C=O) groups is 1. The van der Waals surface area contributed by atoms with Crippen LogP contribution in [0.15, 0.2) is 23.0 Å². The van der Waals surface area contributed by atoms with Crippen LogP contribution in [0.1, 0.15) is 27.0 Å². The van der Waals surface area contributed by atoms with Crippen molar-refractivity contribution in [2.75, 3.05) is 42.3 Å². The van der Waals surface area contributed by atoms with E-state index in [0.717, 1.165) is 16.7 Å². The van der Waals surface area contributed by atoms with Crippen LogP contribution in [0, 0.1) is 20.8 Å². The molecular weight excluding hydrogens is 338 g/mol. The van der Waals surface area contributed by atoms with Crippen LogP contribution in [0.2, 0.25) is 0 Å². The van der Waals surface area contributed by atoms with E-state index in [2.05, 4.69) is 0 Å². The van der Waals surface area contributed by atoms with Crippen molar-refractivity contribution in [1.29, 1.82) is 0 Å². The predicted octanol–water partition coefficient (Wildman–Crippen LogP) is 2.97. The zero-order valence-corrected chi connectivity index (χ0v) is 17.4. The SMILES string of the molecule is Cc1cc(C)c(C(=O)O/C(C(N(C)C)=[N+](C)C)=C(\Cl)N(C)C)c(C)c1. The number of hydrogen-bond donors (Lipinski definition) is 0.